The Kier molecular flexibility index (Phi) is 15.7. The zero-order valence-corrected chi connectivity index (χ0v) is 10.3. The van der Waals surface area contributed by atoms with Crippen molar-refractivity contribution >= 4 is 12.4 Å². The molecule has 0 saturated heterocycles. The Morgan fingerprint density at radius 2 is 1.36 bits per heavy atom. The van der Waals surface area contributed by atoms with Crippen LogP contribution in [0.5, 0.6) is 0 Å². The van der Waals surface area contributed by atoms with Gasteiger partial charge in [-0.1, -0.05) is 45.4 Å². The van der Waals surface area contributed by atoms with Gasteiger partial charge in [-0.05, 0) is 25.4 Å². The molecule has 0 aromatic rings. The second kappa shape index (κ2) is 13.2. The predicted molar refractivity (Wildman–Crippen MR) is 66.8 cm³/mol. The number of halogens is 1. The lowest BCUT2D eigenvalue weighted by molar-refractivity contribution is 0.467. The van der Waals surface area contributed by atoms with E-state index in [9.17, 15) is 0 Å². The third-order valence-electron chi connectivity index (χ3n) is 2.63. The highest BCUT2D eigenvalue weighted by Gasteiger charge is 2.02. The van der Waals surface area contributed by atoms with Crippen molar-refractivity contribution in [2.45, 2.75) is 51.9 Å². The van der Waals surface area contributed by atoms with Gasteiger partial charge in [-0.3, -0.25) is 0 Å². The molecule has 0 amide bonds. The topological polar surface area (TPSA) is 52.0 Å². The van der Waals surface area contributed by atoms with E-state index in [0.717, 1.165) is 13.1 Å². The first kappa shape index (κ1) is 16.6. The van der Waals surface area contributed by atoms with Crippen LogP contribution in [0.15, 0.2) is 0 Å². The van der Waals surface area contributed by atoms with Gasteiger partial charge < -0.3 is 11.5 Å². The lowest BCUT2D eigenvalue weighted by Crippen LogP contribution is -2.22. The highest BCUT2D eigenvalue weighted by atomic mass is 35.5. The molecule has 0 aliphatic rings. The summed E-state index contributed by atoms with van der Waals surface area (Å²) in [7, 11) is 0. The van der Waals surface area contributed by atoms with Crippen LogP contribution in [0.1, 0.15) is 51.9 Å². The molecule has 3 heteroatoms. The van der Waals surface area contributed by atoms with Gasteiger partial charge in [0.2, 0.25) is 0 Å². The maximum Gasteiger partial charge on any atom is -0.00368 e. The van der Waals surface area contributed by atoms with Crippen molar-refractivity contribution in [3.8, 4) is 0 Å². The predicted octanol–water partition coefficient (Wildman–Crippen LogP) is 2.69. The van der Waals surface area contributed by atoms with E-state index in [0.29, 0.717) is 5.92 Å². The van der Waals surface area contributed by atoms with E-state index < -0.39 is 0 Å². The molecule has 0 unspecified atom stereocenters. The van der Waals surface area contributed by atoms with Crippen LogP contribution >= 0.6 is 12.4 Å². The van der Waals surface area contributed by atoms with Crippen LogP contribution in [0.25, 0.3) is 0 Å². The van der Waals surface area contributed by atoms with E-state index in [2.05, 4.69) is 6.92 Å². The van der Waals surface area contributed by atoms with Crippen molar-refractivity contribution in [3.05, 3.63) is 0 Å². The number of unbranched alkanes of at least 4 members (excludes halogenated alkanes) is 5. The molecular weight excluding hydrogens is 196 g/mol. The van der Waals surface area contributed by atoms with Gasteiger partial charge in [-0.25, -0.2) is 0 Å². The van der Waals surface area contributed by atoms with Crippen LogP contribution in [-0.4, -0.2) is 13.1 Å². The van der Waals surface area contributed by atoms with Crippen LogP contribution in [-0.2, 0) is 0 Å². The summed E-state index contributed by atoms with van der Waals surface area (Å²) in [6, 6.07) is 0. The molecule has 2 nitrogen and oxygen atoms in total. The molecule has 0 aromatic heterocycles. The van der Waals surface area contributed by atoms with Gasteiger partial charge >= 0.3 is 0 Å². The maximum absolute atomic E-state index is 5.57. The Labute approximate surface area is 95.2 Å². The van der Waals surface area contributed by atoms with Crippen molar-refractivity contribution in [1.29, 1.82) is 0 Å². The van der Waals surface area contributed by atoms with Crippen LogP contribution in [0.4, 0.5) is 0 Å². The summed E-state index contributed by atoms with van der Waals surface area (Å²) in [5.41, 5.74) is 11.1. The number of hydrogen-bond donors (Lipinski definition) is 2. The third kappa shape index (κ3) is 10.3. The average Bonchev–Trinajstić information content (AvgIpc) is 2.17. The SMILES string of the molecule is CCCCCCCCC(CN)CN.Cl. The molecule has 0 fully saturated rings. The van der Waals surface area contributed by atoms with Gasteiger partial charge in [-0.2, -0.15) is 0 Å². The fraction of sp³-hybridized carbons (Fsp3) is 1.00. The van der Waals surface area contributed by atoms with Gasteiger partial charge in [-0.15, -0.1) is 12.4 Å². The minimum atomic E-state index is 0. The standard InChI is InChI=1S/C11H26N2.ClH/c1-2-3-4-5-6-7-8-11(9-12)10-13;/h11H,2-10,12-13H2,1H3;1H. The molecule has 0 aliphatic carbocycles. The minimum absolute atomic E-state index is 0. The summed E-state index contributed by atoms with van der Waals surface area (Å²) in [6.07, 6.45) is 9.38. The number of rotatable bonds is 9. The quantitative estimate of drug-likeness (QED) is 0.590. The van der Waals surface area contributed by atoms with Crippen molar-refractivity contribution in [1.82, 2.24) is 0 Å². The largest absolute Gasteiger partial charge is 0.330 e. The minimum Gasteiger partial charge on any atom is -0.330 e. The first-order valence-electron chi connectivity index (χ1n) is 5.75. The smallest absolute Gasteiger partial charge is 0.00368 e. The van der Waals surface area contributed by atoms with E-state index in [1.165, 1.54) is 44.9 Å². The van der Waals surface area contributed by atoms with Gasteiger partial charge in [0.25, 0.3) is 0 Å². The van der Waals surface area contributed by atoms with Crippen molar-refractivity contribution in [2.24, 2.45) is 17.4 Å². The molecule has 0 atom stereocenters. The molecule has 0 aliphatic heterocycles. The van der Waals surface area contributed by atoms with Gasteiger partial charge in [0.05, 0.1) is 0 Å². The average molecular weight is 223 g/mol. The first-order valence-corrected chi connectivity index (χ1v) is 5.75. The monoisotopic (exact) mass is 222 g/mol. The van der Waals surface area contributed by atoms with Crippen molar-refractivity contribution in [2.75, 3.05) is 13.1 Å². The zero-order valence-electron chi connectivity index (χ0n) is 9.50. The maximum atomic E-state index is 5.57. The zero-order chi connectivity index (χ0) is 9.94. The second-order valence-corrected chi connectivity index (χ2v) is 3.89. The Bertz CT molecular complexity index is 95.3. The van der Waals surface area contributed by atoms with Gasteiger partial charge in [0.15, 0.2) is 0 Å². The summed E-state index contributed by atoms with van der Waals surface area (Å²) in [6.45, 7) is 3.76. The van der Waals surface area contributed by atoms with E-state index in [4.69, 9.17) is 11.5 Å². The highest BCUT2D eigenvalue weighted by molar-refractivity contribution is 5.85. The van der Waals surface area contributed by atoms with E-state index in [1.54, 1.807) is 0 Å². The third-order valence-corrected chi connectivity index (χ3v) is 2.63. The molecule has 0 radical (unpaired) electrons. The molecule has 0 heterocycles. The molecule has 0 spiro atoms. The first-order chi connectivity index (χ1) is 6.35. The van der Waals surface area contributed by atoms with Crippen LogP contribution in [0, 0.1) is 5.92 Å². The summed E-state index contributed by atoms with van der Waals surface area (Å²) < 4.78 is 0. The van der Waals surface area contributed by atoms with Gasteiger partial charge in [0.1, 0.15) is 0 Å². The molecule has 0 bridgehead atoms. The Morgan fingerprint density at radius 1 is 0.857 bits per heavy atom. The van der Waals surface area contributed by atoms with Gasteiger partial charge in [0, 0.05) is 0 Å². The molecule has 0 saturated carbocycles. The van der Waals surface area contributed by atoms with E-state index >= 15 is 0 Å². The fourth-order valence-corrected chi connectivity index (χ4v) is 1.55. The molecule has 4 N–H and O–H groups in total. The highest BCUT2D eigenvalue weighted by Crippen LogP contribution is 2.10. The molecule has 14 heavy (non-hydrogen) atoms. The lowest BCUT2D eigenvalue weighted by atomic mass is 10.0. The number of nitrogens with two attached hydrogens (primary N) is 2. The van der Waals surface area contributed by atoms with E-state index in [1.807, 2.05) is 0 Å². The molecule has 0 rings (SSSR count). The Morgan fingerprint density at radius 3 is 1.86 bits per heavy atom. The fourth-order valence-electron chi connectivity index (χ4n) is 1.55. The summed E-state index contributed by atoms with van der Waals surface area (Å²) >= 11 is 0. The summed E-state index contributed by atoms with van der Waals surface area (Å²) in [5, 5.41) is 0. The lowest BCUT2D eigenvalue weighted by Gasteiger charge is -2.10. The Hall–Kier alpha value is 0.210. The Balaban J connectivity index is 0. The summed E-state index contributed by atoms with van der Waals surface area (Å²) in [5.74, 6) is 0.561. The number of hydrogen-bond acceptors (Lipinski definition) is 2. The van der Waals surface area contributed by atoms with Crippen molar-refractivity contribution < 1.29 is 0 Å². The van der Waals surface area contributed by atoms with Crippen LogP contribution in [0.3, 0.4) is 0 Å². The summed E-state index contributed by atoms with van der Waals surface area (Å²) in [4.78, 5) is 0. The van der Waals surface area contributed by atoms with Crippen molar-refractivity contribution in [3.63, 3.8) is 0 Å². The van der Waals surface area contributed by atoms with Crippen LogP contribution in [0.2, 0.25) is 0 Å². The molecule has 88 valence electrons. The molecular formula is C11H27ClN2. The second-order valence-electron chi connectivity index (χ2n) is 3.89. The van der Waals surface area contributed by atoms with E-state index in [-0.39, 0.29) is 12.4 Å². The molecule has 0 aromatic carbocycles. The normalized spacial score (nSPS) is 10.3. The van der Waals surface area contributed by atoms with Crippen LogP contribution < -0.4 is 11.5 Å².